The number of pyridine rings is 2. The Kier molecular flexibility index (Phi) is 3.57. The van der Waals surface area contributed by atoms with Crippen molar-refractivity contribution in [3.8, 4) is 11.4 Å². The molecule has 0 aliphatic heterocycles. The van der Waals surface area contributed by atoms with Crippen molar-refractivity contribution < 1.29 is 0 Å². The maximum atomic E-state index is 4.60. The van der Waals surface area contributed by atoms with E-state index in [2.05, 4.69) is 48.7 Å². The molecule has 0 N–H and O–H groups in total. The SMILES string of the molecule is CCc1cccc(-c2cc(B(C)C)ccn2)n1. The van der Waals surface area contributed by atoms with Gasteiger partial charge >= 0.3 is 0 Å². The fraction of sp³-hybridized carbons (Fsp3) is 0.286. The molecule has 0 fully saturated rings. The van der Waals surface area contributed by atoms with E-state index in [0.29, 0.717) is 6.71 Å². The number of aromatic nitrogens is 2. The second-order valence-corrected chi connectivity index (χ2v) is 4.50. The average Bonchev–Trinajstić information content (AvgIpc) is 2.39. The molecule has 0 spiro atoms. The molecule has 3 heteroatoms. The van der Waals surface area contributed by atoms with Crippen LogP contribution >= 0.6 is 0 Å². The summed E-state index contributed by atoms with van der Waals surface area (Å²) in [5.74, 6) is 0. The van der Waals surface area contributed by atoms with E-state index in [-0.39, 0.29) is 0 Å². The van der Waals surface area contributed by atoms with Crippen LogP contribution in [-0.4, -0.2) is 16.7 Å². The van der Waals surface area contributed by atoms with E-state index in [9.17, 15) is 0 Å². The third kappa shape index (κ3) is 2.73. The van der Waals surface area contributed by atoms with Gasteiger partial charge in [0.05, 0.1) is 11.4 Å². The van der Waals surface area contributed by atoms with E-state index in [1.54, 1.807) is 0 Å². The summed E-state index contributed by atoms with van der Waals surface area (Å²) in [4.78, 5) is 9.00. The van der Waals surface area contributed by atoms with Gasteiger partial charge in [0, 0.05) is 11.9 Å². The molecule has 0 unspecified atom stereocenters. The van der Waals surface area contributed by atoms with E-state index in [1.165, 1.54) is 5.46 Å². The van der Waals surface area contributed by atoms with Gasteiger partial charge in [-0.15, -0.1) is 0 Å². The van der Waals surface area contributed by atoms with Crippen LogP contribution in [0.15, 0.2) is 36.5 Å². The van der Waals surface area contributed by atoms with Gasteiger partial charge in [-0.3, -0.25) is 9.97 Å². The summed E-state index contributed by atoms with van der Waals surface area (Å²) < 4.78 is 0. The summed E-state index contributed by atoms with van der Waals surface area (Å²) in [6, 6.07) is 10.3. The van der Waals surface area contributed by atoms with Crippen LogP contribution in [-0.2, 0) is 6.42 Å². The molecule has 86 valence electrons. The summed E-state index contributed by atoms with van der Waals surface area (Å²) in [5, 5.41) is 0. The van der Waals surface area contributed by atoms with Crippen molar-refractivity contribution in [1.29, 1.82) is 0 Å². The van der Waals surface area contributed by atoms with E-state index < -0.39 is 0 Å². The van der Waals surface area contributed by atoms with Crippen molar-refractivity contribution in [2.45, 2.75) is 27.0 Å². The molecular weight excluding hydrogens is 207 g/mol. The molecule has 2 heterocycles. The van der Waals surface area contributed by atoms with Crippen molar-refractivity contribution in [1.82, 2.24) is 9.97 Å². The summed E-state index contributed by atoms with van der Waals surface area (Å²) >= 11 is 0. The van der Waals surface area contributed by atoms with E-state index in [4.69, 9.17) is 0 Å². The van der Waals surface area contributed by atoms with Crippen LogP contribution in [0.25, 0.3) is 11.4 Å². The minimum atomic E-state index is 0.520. The zero-order valence-electron chi connectivity index (χ0n) is 10.6. The Morgan fingerprint density at radius 2 is 1.94 bits per heavy atom. The fourth-order valence-corrected chi connectivity index (χ4v) is 1.77. The Morgan fingerprint density at radius 1 is 1.12 bits per heavy atom. The highest BCUT2D eigenvalue weighted by atomic mass is 14.8. The van der Waals surface area contributed by atoms with Gasteiger partial charge in [-0.2, -0.15) is 0 Å². The van der Waals surface area contributed by atoms with Crippen LogP contribution in [0.2, 0.25) is 13.6 Å². The molecule has 2 aromatic heterocycles. The maximum Gasteiger partial charge on any atom is 0.169 e. The average molecular weight is 224 g/mol. The molecule has 2 nitrogen and oxygen atoms in total. The lowest BCUT2D eigenvalue weighted by Crippen LogP contribution is -2.22. The lowest BCUT2D eigenvalue weighted by Gasteiger charge is -2.06. The van der Waals surface area contributed by atoms with Gasteiger partial charge in [0.2, 0.25) is 0 Å². The third-order valence-corrected chi connectivity index (χ3v) is 2.88. The number of rotatable bonds is 3. The highest BCUT2D eigenvalue weighted by Crippen LogP contribution is 2.13. The monoisotopic (exact) mass is 224 g/mol. The van der Waals surface area contributed by atoms with Crippen LogP contribution in [0.1, 0.15) is 12.6 Å². The van der Waals surface area contributed by atoms with Crippen LogP contribution in [0.3, 0.4) is 0 Å². The van der Waals surface area contributed by atoms with Crippen LogP contribution in [0.5, 0.6) is 0 Å². The normalized spacial score (nSPS) is 10.3. The van der Waals surface area contributed by atoms with E-state index in [1.807, 2.05) is 18.3 Å². The van der Waals surface area contributed by atoms with Gasteiger partial charge in [0.1, 0.15) is 0 Å². The molecular formula is C14H17BN2. The Labute approximate surface area is 103 Å². The van der Waals surface area contributed by atoms with Gasteiger partial charge in [0.15, 0.2) is 6.71 Å². The zero-order valence-corrected chi connectivity index (χ0v) is 10.6. The predicted octanol–water partition coefficient (Wildman–Crippen LogP) is 2.67. The molecule has 0 atom stereocenters. The van der Waals surface area contributed by atoms with Crippen molar-refractivity contribution in [3.63, 3.8) is 0 Å². The molecule has 0 saturated heterocycles. The topological polar surface area (TPSA) is 25.8 Å². The first-order valence-electron chi connectivity index (χ1n) is 6.13. The quantitative estimate of drug-likeness (QED) is 0.749. The smallest absolute Gasteiger partial charge is 0.169 e. The minimum absolute atomic E-state index is 0.520. The second kappa shape index (κ2) is 5.13. The predicted molar refractivity (Wildman–Crippen MR) is 74.0 cm³/mol. The van der Waals surface area contributed by atoms with Crippen LogP contribution in [0, 0.1) is 0 Å². The Morgan fingerprint density at radius 3 is 2.65 bits per heavy atom. The Bertz CT molecular complexity index is 509. The molecule has 0 aliphatic rings. The molecule has 0 aliphatic carbocycles. The van der Waals surface area contributed by atoms with Crippen molar-refractivity contribution in [2.75, 3.05) is 0 Å². The van der Waals surface area contributed by atoms with Crippen LogP contribution in [0.4, 0.5) is 0 Å². The summed E-state index contributed by atoms with van der Waals surface area (Å²) in [7, 11) is 0. The fourth-order valence-electron chi connectivity index (χ4n) is 1.77. The lowest BCUT2D eigenvalue weighted by atomic mass is 9.49. The highest BCUT2D eigenvalue weighted by molar-refractivity contribution is 6.70. The molecule has 2 aromatic rings. The minimum Gasteiger partial charge on any atom is -0.255 e. The molecule has 0 bridgehead atoms. The van der Waals surface area contributed by atoms with Crippen molar-refractivity contribution in [3.05, 3.63) is 42.2 Å². The number of nitrogens with zero attached hydrogens (tertiary/aromatic N) is 2. The Hall–Kier alpha value is -1.64. The van der Waals surface area contributed by atoms with E-state index >= 15 is 0 Å². The maximum absolute atomic E-state index is 4.60. The van der Waals surface area contributed by atoms with E-state index in [0.717, 1.165) is 23.5 Å². The van der Waals surface area contributed by atoms with Gasteiger partial charge < -0.3 is 0 Å². The molecule has 0 saturated carbocycles. The largest absolute Gasteiger partial charge is 0.255 e. The standard InChI is InChI=1S/C14H17BN2/c1-4-12-6-5-7-13(17-12)14-10-11(15(2)3)8-9-16-14/h5-10H,4H2,1-3H3. The van der Waals surface area contributed by atoms with Crippen LogP contribution < -0.4 is 5.46 Å². The number of hydrogen-bond acceptors (Lipinski definition) is 2. The molecule has 0 amide bonds. The first-order chi connectivity index (χ1) is 8.20. The summed E-state index contributed by atoms with van der Waals surface area (Å²) in [6.07, 6.45) is 2.82. The number of hydrogen-bond donors (Lipinski definition) is 0. The van der Waals surface area contributed by atoms with Gasteiger partial charge in [-0.25, -0.2) is 0 Å². The molecule has 0 radical (unpaired) electrons. The third-order valence-electron chi connectivity index (χ3n) is 2.88. The summed E-state index contributed by atoms with van der Waals surface area (Å²) in [6.45, 7) is 7.01. The Balaban J connectivity index is 2.41. The summed E-state index contributed by atoms with van der Waals surface area (Å²) in [5.41, 5.74) is 4.34. The van der Waals surface area contributed by atoms with Crippen molar-refractivity contribution >= 4 is 12.2 Å². The zero-order chi connectivity index (χ0) is 12.3. The lowest BCUT2D eigenvalue weighted by molar-refractivity contribution is 1.03. The van der Waals surface area contributed by atoms with Gasteiger partial charge in [-0.05, 0) is 30.7 Å². The highest BCUT2D eigenvalue weighted by Gasteiger charge is 2.06. The van der Waals surface area contributed by atoms with Gasteiger partial charge in [0.25, 0.3) is 0 Å². The van der Waals surface area contributed by atoms with Crippen molar-refractivity contribution in [2.24, 2.45) is 0 Å². The molecule has 0 aromatic carbocycles. The molecule has 17 heavy (non-hydrogen) atoms. The van der Waals surface area contributed by atoms with Gasteiger partial charge in [-0.1, -0.05) is 32.1 Å². The number of aryl methyl sites for hydroxylation is 1. The molecule has 2 rings (SSSR count). The second-order valence-electron chi connectivity index (χ2n) is 4.50. The first-order valence-corrected chi connectivity index (χ1v) is 6.13. The first kappa shape index (κ1) is 11.8.